The smallest absolute Gasteiger partial charge is 0.137 e. The molecule has 2 nitrogen and oxygen atoms in total. The van der Waals surface area contributed by atoms with Crippen molar-refractivity contribution < 1.29 is 10.2 Å². The van der Waals surface area contributed by atoms with Gasteiger partial charge in [-0.3, -0.25) is 0 Å². The molecule has 0 atom stereocenters. The molecular weight excluding hydrogens is 271 g/mol. The molecule has 0 spiro atoms. The van der Waals surface area contributed by atoms with Gasteiger partial charge in [0.2, 0.25) is 0 Å². The first-order chi connectivity index (χ1) is 8.43. The van der Waals surface area contributed by atoms with E-state index >= 15 is 0 Å². The molecule has 0 amide bonds. The highest BCUT2D eigenvalue weighted by Crippen LogP contribution is 2.26. The lowest BCUT2D eigenvalue weighted by molar-refractivity contribution is 0.471. The summed E-state index contributed by atoms with van der Waals surface area (Å²) in [6.07, 6.45) is 0. The molecule has 0 fully saturated rings. The van der Waals surface area contributed by atoms with Crippen molar-refractivity contribution in [2.75, 3.05) is 0 Å². The Labute approximate surface area is 116 Å². The Kier molecular flexibility index (Phi) is 5.32. The average molecular weight is 285 g/mol. The number of hydrogen-bond donors (Lipinski definition) is 2. The van der Waals surface area contributed by atoms with Gasteiger partial charge in [-0.15, -0.1) is 0 Å². The zero-order chi connectivity index (χ0) is 13.7. The SMILES string of the molecule is Cc1cccc(Cl)c1O.Cc1cccc(Cl)c1O. The monoisotopic (exact) mass is 284 g/mol. The molecular formula is C14H14Cl2O2. The van der Waals surface area contributed by atoms with Gasteiger partial charge in [0.1, 0.15) is 11.5 Å². The van der Waals surface area contributed by atoms with Crippen LogP contribution >= 0.6 is 23.2 Å². The molecule has 18 heavy (non-hydrogen) atoms. The van der Waals surface area contributed by atoms with Crippen LogP contribution < -0.4 is 0 Å². The van der Waals surface area contributed by atoms with Gasteiger partial charge >= 0.3 is 0 Å². The number of phenols is 2. The van der Waals surface area contributed by atoms with E-state index in [1.165, 1.54) is 0 Å². The molecule has 2 rings (SSSR count). The minimum Gasteiger partial charge on any atom is -0.506 e. The van der Waals surface area contributed by atoms with Gasteiger partial charge in [-0.2, -0.15) is 0 Å². The van der Waals surface area contributed by atoms with Crippen molar-refractivity contribution in [3.63, 3.8) is 0 Å². The van der Waals surface area contributed by atoms with Crippen molar-refractivity contribution in [2.24, 2.45) is 0 Å². The second-order valence-corrected chi connectivity index (χ2v) is 4.63. The zero-order valence-corrected chi connectivity index (χ0v) is 11.6. The van der Waals surface area contributed by atoms with Gasteiger partial charge in [-0.25, -0.2) is 0 Å². The summed E-state index contributed by atoms with van der Waals surface area (Å²) >= 11 is 11.1. The largest absolute Gasteiger partial charge is 0.506 e. The normalized spacial score (nSPS) is 9.56. The van der Waals surface area contributed by atoms with Gasteiger partial charge in [0.05, 0.1) is 10.0 Å². The molecule has 0 aromatic heterocycles. The van der Waals surface area contributed by atoms with Crippen LogP contribution in [-0.2, 0) is 0 Å². The van der Waals surface area contributed by atoms with E-state index in [9.17, 15) is 0 Å². The van der Waals surface area contributed by atoms with Crippen molar-refractivity contribution in [1.82, 2.24) is 0 Å². The third-order valence-electron chi connectivity index (χ3n) is 2.38. The number of halogens is 2. The third kappa shape index (κ3) is 3.83. The summed E-state index contributed by atoms with van der Waals surface area (Å²) in [4.78, 5) is 0. The summed E-state index contributed by atoms with van der Waals surface area (Å²) in [5.41, 5.74) is 1.62. The van der Waals surface area contributed by atoms with Crippen LogP contribution in [0.1, 0.15) is 11.1 Å². The summed E-state index contributed by atoms with van der Waals surface area (Å²) < 4.78 is 0. The Hall–Kier alpha value is -1.38. The molecule has 0 unspecified atom stereocenters. The van der Waals surface area contributed by atoms with E-state index in [0.717, 1.165) is 11.1 Å². The Morgan fingerprint density at radius 3 is 1.28 bits per heavy atom. The Bertz CT molecular complexity index is 449. The molecule has 0 radical (unpaired) electrons. The summed E-state index contributed by atoms with van der Waals surface area (Å²) in [5, 5.41) is 19.0. The molecule has 96 valence electrons. The van der Waals surface area contributed by atoms with Crippen LogP contribution in [0.2, 0.25) is 10.0 Å². The second-order valence-electron chi connectivity index (χ2n) is 3.81. The van der Waals surface area contributed by atoms with E-state index in [4.69, 9.17) is 33.4 Å². The number of hydrogen-bond acceptors (Lipinski definition) is 2. The van der Waals surface area contributed by atoms with Crippen molar-refractivity contribution in [1.29, 1.82) is 0 Å². The predicted molar refractivity (Wildman–Crippen MR) is 75.7 cm³/mol. The van der Waals surface area contributed by atoms with Gasteiger partial charge in [-0.05, 0) is 37.1 Å². The van der Waals surface area contributed by atoms with Crippen molar-refractivity contribution in [3.05, 3.63) is 57.6 Å². The van der Waals surface area contributed by atoms with Crippen molar-refractivity contribution >= 4 is 23.2 Å². The van der Waals surface area contributed by atoms with E-state index in [1.807, 2.05) is 0 Å². The predicted octanol–water partition coefficient (Wildman–Crippen LogP) is 4.71. The molecule has 4 heteroatoms. The van der Waals surface area contributed by atoms with E-state index < -0.39 is 0 Å². The van der Waals surface area contributed by atoms with Gasteiger partial charge in [0.15, 0.2) is 0 Å². The van der Waals surface area contributed by atoms with Crippen LogP contribution in [0.15, 0.2) is 36.4 Å². The number of aryl methyl sites for hydroxylation is 2. The summed E-state index contributed by atoms with van der Waals surface area (Å²) in [5.74, 6) is 0.360. The second kappa shape index (κ2) is 6.53. The van der Waals surface area contributed by atoms with Crippen LogP contribution in [0.5, 0.6) is 11.5 Å². The molecule has 2 aromatic rings. The molecule has 0 saturated carbocycles. The number of aromatic hydroxyl groups is 2. The first kappa shape index (κ1) is 14.7. The number of benzene rings is 2. The maximum absolute atomic E-state index is 9.07. The highest BCUT2D eigenvalue weighted by Gasteiger charge is 1.98. The lowest BCUT2D eigenvalue weighted by atomic mass is 10.2. The Morgan fingerprint density at radius 2 is 1.06 bits per heavy atom. The fraction of sp³-hybridized carbons (Fsp3) is 0.143. The van der Waals surface area contributed by atoms with Gasteiger partial charge in [0, 0.05) is 0 Å². The molecule has 0 heterocycles. The van der Waals surface area contributed by atoms with E-state index in [0.29, 0.717) is 10.0 Å². The lowest BCUT2D eigenvalue weighted by Crippen LogP contribution is -1.72. The quantitative estimate of drug-likeness (QED) is 0.736. The third-order valence-corrected chi connectivity index (χ3v) is 2.99. The molecule has 0 bridgehead atoms. The number of para-hydroxylation sites is 2. The molecule has 2 aromatic carbocycles. The summed E-state index contributed by atoms with van der Waals surface area (Å²) in [6.45, 7) is 3.61. The van der Waals surface area contributed by atoms with Gasteiger partial charge < -0.3 is 10.2 Å². The fourth-order valence-electron chi connectivity index (χ4n) is 1.25. The molecule has 0 aliphatic rings. The van der Waals surface area contributed by atoms with Crippen LogP contribution in [0.3, 0.4) is 0 Å². The maximum atomic E-state index is 9.07. The van der Waals surface area contributed by atoms with Crippen molar-refractivity contribution in [2.45, 2.75) is 13.8 Å². The zero-order valence-electron chi connectivity index (χ0n) is 10.1. The minimum absolute atomic E-state index is 0.180. The lowest BCUT2D eigenvalue weighted by Gasteiger charge is -1.97. The topological polar surface area (TPSA) is 40.5 Å². The Morgan fingerprint density at radius 1 is 0.722 bits per heavy atom. The van der Waals surface area contributed by atoms with Gasteiger partial charge in [0.25, 0.3) is 0 Å². The minimum atomic E-state index is 0.180. The summed E-state index contributed by atoms with van der Waals surface area (Å²) in [6, 6.07) is 10.5. The van der Waals surface area contributed by atoms with Crippen LogP contribution in [0.25, 0.3) is 0 Å². The Balaban J connectivity index is 0.000000180. The first-order valence-electron chi connectivity index (χ1n) is 5.31. The van der Waals surface area contributed by atoms with Crippen molar-refractivity contribution in [3.8, 4) is 11.5 Å². The molecule has 0 saturated heterocycles. The van der Waals surface area contributed by atoms with Crippen LogP contribution in [0.4, 0.5) is 0 Å². The molecule has 0 aliphatic heterocycles. The summed E-state index contributed by atoms with van der Waals surface area (Å²) in [7, 11) is 0. The van der Waals surface area contributed by atoms with Crippen LogP contribution in [-0.4, -0.2) is 10.2 Å². The number of rotatable bonds is 0. The highest BCUT2D eigenvalue weighted by atomic mass is 35.5. The fourth-order valence-corrected chi connectivity index (χ4v) is 1.69. The van der Waals surface area contributed by atoms with E-state index in [1.54, 1.807) is 50.2 Å². The average Bonchev–Trinajstić information content (AvgIpc) is 2.34. The van der Waals surface area contributed by atoms with Gasteiger partial charge in [-0.1, -0.05) is 47.5 Å². The molecule has 0 aliphatic carbocycles. The molecule has 2 N–H and O–H groups in total. The standard InChI is InChI=1S/2C7H7ClO/c2*1-5-3-2-4-6(8)7(5)9/h2*2-4,9H,1H3. The first-order valence-corrected chi connectivity index (χ1v) is 6.07. The maximum Gasteiger partial charge on any atom is 0.137 e. The van der Waals surface area contributed by atoms with Crippen LogP contribution in [0, 0.1) is 13.8 Å². The highest BCUT2D eigenvalue weighted by molar-refractivity contribution is 6.32. The van der Waals surface area contributed by atoms with E-state index in [2.05, 4.69) is 0 Å². The number of phenolic OH excluding ortho intramolecular Hbond substituents is 2. The van der Waals surface area contributed by atoms with E-state index in [-0.39, 0.29) is 11.5 Å².